The van der Waals surface area contributed by atoms with Crippen molar-refractivity contribution in [1.82, 2.24) is 25.6 Å². The van der Waals surface area contributed by atoms with Crippen molar-refractivity contribution >= 4 is 11.8 Å². The Morgan fingerprint density at radius 1 is 1.32 bits per heavy atom. The van der Waals surface area contributed by atoms with Gasteiger partial charge in [0.05, 0.1) is 12.2 Å². The van der Waals surface area contributed by atoms with Crippen LogP contribution in [0.3, 0.4) is 0 Å². The molecule has 3 fully saturated rings. The van der Waals surface area contributed by atoms with Crippen LogP contribution >= 0.6 is 0 Å². The maximum Gasteiger partial charge on any atom is 0.241 e. The van der Waals surface area contributed by atoms with Crippen LogP contribution in [0, 0.1) is 5.92 Å². The molecule has 2 N–H and O–H groups in total. The lowest BCUT2D eigenvalue weighted by Crippen LogP contribution is -2.67. The molecule has 25 heavy (non-hydrogen) atoms. The number of carbonyl (C=O) groups excluding carboxylic acids is 2. The molecular formula is C18H25N5O2. The average Bonchev–Trinajstić information content (AvgIpc) is 3.14. The minimum Gasteiger partial charge on any atom is -0.350 e. The Balaban J connectivity index is 1.39. The molecule has 2 saturated heterocycles. The zero-order valence-electron chi connectivity index (χ0n) is 14.5. The Labute approximate surface area is 147 Å². The van der Waals surface area contributed by atoms with Crippen molar-refractivity contribution in [2.24, 2.45) is 5.92 Å². The Morgan fingerprint density at radius 3 is 3.00 bits per heavy atom. The molecule has 0 aromatic carbocycles. The number of fused-ring (bicyclic) bond motifs is 3. The molecule has 4 rings (SSSR count). The summed E-state index contributed by atoms with van der Waals surface area (Å²) in [5.74, 6) is 0.210. The predicted molar refractivity (Wildman–Crippen MR) is 92.0 cm³/mol. The highest BCUT2D eigenvalue weighted by Gasteiger charge is 2.50. The second-order valence-corrected chi connectivity index (χ2v) is 7.25. The highest BCUT2D eigenvalue weighted by Crippen LogP contribution is 2.36. The number of likely N-dealkylation sites (N-methyl/N-ethyl adjacent to an activating group) is 1. The Kier molecular flexibility index (Phi) is 4.43. The normalized spacial score (nSPS) is 32.2. The van der Waals surface area contributed by atoms with E-state index in [0.29, 0.717) is 12.6 Å². The molecule has 4 atom stereocenters. The number of piperazine rings is 1. The Hall–Kier alpha value is -1.99. The van der Waals surface area contributed by atoms with E-state index in [2.05, 4.69) is 20.7 Å². The molecule has 7 heteroatoms. The van der Waals surface area contributed by atoms with Gasteiger partial charge in [0.1, 0.15) is 6.04 Å². The first-order valence-electron chi connectivity index (χ1n) is 9.11. The van der Waals surface area contributed by atoms with Crippen molar-refractivity contribution in [3.63, 3.8) is 0 Å². The van der Waals surface area contributed by atoms with Gasteiger partial charge in [-0.3, -0.25) is 20.0 Å². The van der Waals surface area contributed by atoms with Gasteiger partial charge >= 0.3 is 0 Å². The van der Waals surface area contributed by atoms with Gasteiger partial charge < -0.3 is 10.2 Å². The van der Waals surface area contributed by atoms with Crippen LogP contribution in [-0.2, 0) is 16.1 Å². The number of amides is 2. The maximum absolute atomic E-state index is 12.6. The van der Waals surface area contributed by atoms with E-state index in [9.17, 15) is 9.59 Å². The third kappa shape index (κ3) is 3.02. The zero-order chi connectivity index (χ0) is 17.4. The maximum atomic E-state index is 12.6. The van der Waals surface area contributed by atoms with Crippen LogP contribution in [0.4, 0.5) is 0 Å². The number of pyridine rings is 1. The smallest absolute Gasteiger partial charge is 0.241 e. The van der Waals surface area contributed by atoms with Crippen molar-refractivity contribution in [1.29, 1.82) is 0 Å². The van der Waals surface area contributed by atoms with Gasteiger partial charge in [-0.2, -0.15) is 0 Å². The summed E-state index contributed by atoms with van der Waals surface area (Å²) < 4.78 is 0. The summed E-state index contributed by atoms with van der Waals surface area (Å²) in [5.41, 5.74) is 4.24. The van der Waals surface area contributed by atoms with Gasteiger partial charge in [0.25, 0.3) is 0 Å². The summed E-state index contributed by atoms with van der Waals surface area (Å²) in [6.45, 7) is 1.32. The van der Waals surface area contributed by atoms with Crippen LogP contribution < -0.4 is 10.7 Å². The number of hydrogen-bond acceptors (Lipinski definition) is 5. The third-order valence-electron chi connectivity index (χ3n) is 5.86. The summed E-state index contributed by atoms with van der Waals surface area (Å²) in [6, 6.07) is 6.08. The molecule has 2 amide bonds. The Morgan fingerprint density at radius 2 is 2.20 bits per heavy atom. The fraction of sp³-hybridized carbons (Fsp3) is 0.611. The van der Waals surface area contributed by atoms with Crippen molar-refractivity contribution in [2.45, 2.75) is 50.4 Å². The molecule has 134 valence electrons. The van der Waals surface area contributed by atoms with Gasteiger partial charge in [0.15, 0.2) is 0 Å². The quantitative estimate of drug-likeness (QED) is 0.825. The summed E-state index contributed by atoms with van der Waals surface area (Å²) in [5, 5.41) is 5.16. The van der Waals surface area contributed by atoms with E-state index in [4.69, 9.17) is 0 Å². The first-order valence-corrected chi connectivity index (χ1v) is 9.11. The molecule has 0 radical (unpaired) electrons. The van der Waals surface area contributed by atoms with Crippen LogP contribution in [0.15, 0.2) is 24.4 Å². The van der Waals surface area contributed by atoms with E-state index < -0.39 is 0 Å². The van der Waals surface area contributed by atoms with Gasteiger partial charge in [-0.15, -0.1) is 0 Å². The lowest BCUT2D eigenvalue weighted by Gasteiger charge is -2.50. The summed E-state index contributed by atoms with van der Waals surface area (Å²) in [4.78, 5) is 31.3. The van der Waals surface area contributed by atoms with Gasteiger partial charge in [-0.1, -0.05) is 6.07 Å². The lowest BCUT2D eigenvalue weighted by molar-refractivity contribution is -0.153. The van der Waals surface area contributed by atoms with Crippen LogP contribution in [-0.4, -0.2) is 58.4 Å². The predicted octanol–water partition coefficient (Wildman–Crippen LogP) is 0.286. The lowest BCUT2D eigenvalue weighted by atomic mass is 9.79. The van der Waals surface area contributed by atoms with E-state index in [0.717, 1.165) is 37.9 Å². The highest BCUT2D eigenvalue weighted by molar-refractivity contribution is 5.84. The second-order valence-electron chi connectivity index (χ2n) is 7.25. The number of nitrogens with one attached hydrogen (secondary N) is 2. The van der Waals surface area contributed by atoms with Crippen molar-refractivity contribution in [2.75, 3.05) is 13.6 Å². The standard InChI is InChI=1S/C18H25N5O2/c1-22-16-10-12(17(24)20-11-13-4-2-3-8-19-13)5-6-14(16)23-15(18(22)25)7-9-21-23/h2-4,8,12,14-16,21H,5-7,9-11H2,1H3,(H,20,24). The molecular weight excluding hydrogens is 318 g/mol. The van der Waals surface area contributed by atoms with E-state index in [-0.39, 0.29) is 29.8 Å². The SMILES string of the molecule is CN1C(=O)C2CCNN2C2CCC(C(=O)NCc3ccccn3)CC21. The summed E-state index contributed by atoms with van der Waals surface area (Å²) in [7, 11) is 1.89. The molecule has 1 aromatic heterocycles. The number of nitrogens with zero attached hydrogens (tertiary/aromatic N) is 3. The van der Waals surface area contributed by atoms with Gasteiger partial charge in [-0.25, -0.2) is 5.01 Å². The molecule has 0 bridgehead atoms. The zero-order valence-corrected chi connectivity index (χ0v) is 14.5. The molecule has 1 aliphatic carbocycles. The van der Waals surface area contributed by atoms with Gasteiger partial charge in [0.2, 0.25) is 11.8 Å². The minimum atomic E-state index is -0.0423. The van der Waals surface area contributed by atoms with Crippen molar-refractivity contribution in [3.8, 4) is 0 Å². The van der Waals surface area contributed by atoms with E-state index in [1.807, 2.05) is 30.1 Å². The monoisotopic (exact) mass is 343 g/mol. The van der Waals surface area contributed by atoms with Crippen molar-refractivity contribution in [3.05, 3.63) is 30.1 Å². The fourth-order valence-electron chi connectivity index (χ4n) is 4.50. The average molecular weight is 343 g/mol. The second kappa shape index (κ2) is 6.72. The largest absolute Gasteiger partial charge is 0.350 e. The van der Waals surface area contributed by atoms with Crippen LogP contribution in [0.5, 0.6) is 0 Å². The minimum absolute atomic E-state index is 0.0271. The van der Waals surface area contributed by atoms with Gasteiger partial charge in [0, 0.05) is 37.8 Å². The van der Waals surface area contributed by atoms with Crippen LogP contribution in [0.25, 0.3) is 0 Å². The third-order valence-corrected chi connectivity index (χ3v) is 5.86. The fourth-order valence-corrected chi connectivity index (χ4v) is 4.50. The molecule has 0 spiro atoms. The van der Waals surface area contributed by atoms with E-state index in [1.54, 1.807) is 6.20 Å². The molecule has 3 aliphatic rings. The van der Waals surface area contributed by atoms with Crippen LogP contribution in [0.1, 0.15) is 31.4 Å². The van der Waals surface area contributed by atoms with E-state index in [1.165, 1.54) is 0 Å². The van der Waals surface area contributed by atoms with Gasteiger partial charge in [-0.05, 0) is 37.8 Å². The molecule has 4 unspecified atom stereocenters. The first kappa shape index (κ1) is 16.5. The van der Waals surface area contributed by atoms with E-state index >= 15 is 0 Å². The molecule has 7 nitrogen and oxygen atoms in total. The number of hydrazine groups is 1. The molecule has 1 aromatic rings. The summed E-state index contributed by atoms with van der Waals surface area (Å²) >= 11 is 0. The Bertz CT molecular complexity index is 652. The number of hydrogen-bond donors (Lipinski definition) is 2. The first-order chi connectivity index (χ1) is 12.1. The van der Waals surface area contributed by atoms with Crippen molar-refractivity contribution < 1.29 is 9.59 Å². The summed E-state index contributed by atoms with van der Waals surface area (Å²) in [6.07, 6.45) is 5.14. The number of aromatic nitrogens is 1. The highest BCUT2D eigenvalue weighted by atomic mass is 16.2. The topological polar surface area (TPSA) is 77.6 Å². The van der Waals surface area contributed by atoms with Crippen LogP contribution in [0.2, 0.25) is 0 Å². The molecule has 2 aliphatic heterocycles. The molecule has 1 saturated carbocycles. The molecule has 3 heterocycles. The number of carbonyl (C=O) groups is 2. The number of rotatable bonds is 3.